The molecule has 184 valence electrons. The number of halogens is 2. The van der Waals surface area contributed by atoms with E-state index in [-0.39, 0.29) is 16.9 Å². The normalized spacial score (nSPS) is 26.6. The van der Waals surface area contributed by atoms with Crippen LogP contribution < -0.4 is 10.1 Å². The van der Waals surface area contributed by atoms with Crippen molar-refractivity contribution in [3.05, 3.63) is 104 Å². The van der Waals surface area contributed by atoms with E-state index in [0.717, 1.165) is 24.0 Å². The highest BCUT2D eigenvalue weighted by Crippen LogP contribution is 2.58. The van der Waals surface area contributed by atoms with Crippen molar-refractivity contribution >= 4 is 34.8 Å². The summed E-state index contributed by atoms with van der Waals surface area (Å²) >= 11 is 12.1. The van der Waals surface area contributed by atoms with Crippen LogP contribution in [0, 0.1) is 10.1 Å². The van der Waals surface area contributed by atoms with Crippen molar-refractivity contribution in [2.75, 3.05) is 11.9 Å². The van der Waals surface area contributed by atoms with Crippen molar-refractivity contribution in [1.82, 2.24) is 4.90 Å². The number of benzene rings is 3. The highest BCUT2D eigenvalue weighted by molar-refractivity contribution is 6.42. The van der Waals surface area contributed by atoms with Gasteiger partial charge in [-0.1, -0.05) is 59.6 Å². The van der Waals surface area contributed by atoms with E-state index in [1.54, 1.807) is 12.1 Å². The van der Waals surface area contributed by atoms with Crippen LogP contribution in [0.4, 0.5) is 5.69 Å². The van der Waals surface area contributed by atoms with Gasteiger partial charge in [-0.25, -0.2) is 0 Å². The van der Waals surface area contributed by atoms with Gasteiger partial charge in [0.15, 0.2) is 5.54 Å². The average molecular weight is 524 g/mol. The summed E-state index contributed by atoms with van der Waals surface area (Å²) < 4.78 is 5.91. The number of hydrogen-bond acceptors (Lipinski definition) is 5. The Morgan fingerprint density at radius 2 is 1.86 bits per heavy atom. The Labute approximate surface area is 218 Å². The summed E-state index contributed by atoms with van der Waals surface area (Å²) in [7, 11) is 0. The predicted octanol–water partition coefficient (Wildman–Crippen LogP) is 5.63. The predicted molar refractivity (Wildman–Crippen MR) is 137 cm³/mol. The van der Waals surface area contributed by atoms with E-state index in [1.807, 2.05) is 54.6 Å². The Hall–Kier alpha value is -3.13. The molecule has 3 aliphatic heterocycles. The molecule has 3 aromatic rings. The van der Waals surface area contributed by atoms with Crippen molar-refractivity contribution in [1.29, 1.82) is 0 Å². The second kappa shape index (κ2) is 8.76. The molecule has 0 unspecified atom stereocenters. The maximum Gasteiger partial charge on any atom is 0.256 e. The van der Waals surface area contributed by atoms with Crippen molar-refractivity contribution in [2.45, 2.75) is 43.0 Å². The SMILES string of the molecule is O=C1Nc2ccccc2[C@]12[C@H]([N+](=O)[O-])[C@H](c1ccc(OCc3ccc(Cl)c(Cl)c3)cc1)[C@H]1CCCN12. The zero-order valence-electron chi connectivity index (χ0n) is 19.2. The first-order valence-electron chi connectivity index (χ1n) is 11.9. The number of fused-ring (bicyclic) bond motifs is 4. The van der Waals surface area contributed by atoms with E-state index in [0.29, 0.717) is 40.2 Å². The second-order valence-corrected chi connectivity index (χ2v) is 10.3. The lowest BCUT2D eigenvalue weighted by Gasteiger charge is -2.32. The molecule has 0 aromatic heterocycles. The Kier molecular flexibility index (Phi) is 5.67. The lowest BCUT2D eigenvalue weighted by molar-refractivity contribution is -0.534. The maximum absolute atomic E-state index is 13.5. The van der Waals surface area contributed by atoms with Gasteiger partial charge in [0.25, 0.3) is 11.9 Å². The Balaban J connectivity index is 1.33. The topological polar surface area (TPSA) is 84.7 Å². The summed E-state index contributed by atoms with van der Waals surface area (Å²) in [6.45, 7) is 0.964. The highest BCUT2D eigenvalue weighted by Gasteiger charge is 2.73. The van der Waals surface area contributed by atoms with Crippen LogP contribution in [0.3, 0.4) is 0 Å². The average Bonchev–Trinajstić information content (AvgIpc) is 3.53. The van der Waals surface area contributed by atoms with Gasteiger partial charge in [-0.2, -0.15) is 0 Å². The van der Waals surface area contributed by atoms with Crippen molar-refractivity contribution in [2.24, 2.45) is 0 Å². The van der Waals surface area contributed by atoms with Gasteiger partial charge in [-0.05, 0) is 54.3 Å². The molecule has 7 nitrogen and oxygen atoms in total. The van der Waals surface area contributed by atoms with Crippen LogP contribution in [0.1, 0.15) is 35.4 Å². The zero-order valence-corrected chi connectivity index (χ0v) is 20.7. The maximum atomic E-state index is 13.5. The molecule has 0 saturated carbocycles. The molecule has 0 bridgehead atoms. The van der Waals surface area contributed by atoms with Crippen molar-refractivity contribution < 1.29 is 14.5 Å². The summed E-state index contributed by atoms with van der Waals surface area (Å²) in [5, 5.41) is 16.5. The first kappa shape index (κ1) is 23.3. The standard InChI is InChI=1S/C27H23Cl2N3O4/c28-20-12-7-16(14-21(20)29)15-36-18-10-8-17(9-11-18)24-23-6-3-13-31(23)27(25(24)32(34)35)19-4-1-2-5-22(19)30-26(27)33/h1-2,4-5,7-12,14,23-25H,3,6,13,15H2,(H,30,33)/t23-,24-,25-,27+/m1/s1. The van der Waals surface area contributed by atoms with Crippen LogP contribution >= 0.6 is 23.2 Å². The number of hydrogen-bond donors (Lipinski definition) is 1. The molecule has 2 saturated heterocycles. The fraction of sp³-hybridized carbons (Fsp3) is 0.296. The number of para-hydroxylation sites is 1. The van der Waals surface area contributed by atoms with Gasteiger partial charge in [-0.15, -0.1) is 0 Å². The van der Waals surface area contributed by atoms with E-state index >= 15 is 0 Å². The lowest BCUT2D eigenvalue weighted by Crippen LogP contribution is -2.55. The third-order valence-electron chi connectivity index (χ3n) is 7.75. The molecule has 0 radical (unpaired) electrons. The van der Waals surface area contributed by atoms with Gasteiger partial charge < -0.3 is 10.1 Å². The van der Waals surface area contributed by atoms with Crippen LogP contribution in [0.2, 0.25) is 10.0 Å². The smallest absolute Gasteiger partial charge is 0.256 e. The lowest BCUT2D eigenvalue weighted by atomic mass is 9.77. The van der Waals surface area contributed by atoms with Gasteiger partial charge in [0.1, 0.15) is 12.4 Å². The summed E-state index contributed by atoms with van der Waals surface area (Å²) in [6, 6.07) is 18.9. The largest absolute Gasteiger partial charge is 0.489 e. The van der Waals surface area contributed by atoms with Crippen LogP contribution in [0.15, 0.2) is 66.7 Å². The quantitative estimate of drug-likeness (QED) is 0.346. The zero-order chi connectivity index (χ0) is 25.0. The van der Waals surface area contributed by atoms with Gasteiger partial charge >= 0.3 is 0 Å². The number of ether oxygens (including phenoxy) is 1. The van der Waals surface area contributed by atoms with E-state index in [2.05, 4.69) is 10.2 Å². The number of carbonyl (C=O) groups excluding carboxylic acids is 1. The van der Waals surface area contributed by atoms with Crippen molar-refractivity contribution in [3.8, 4) is 5.75 Å². The van der Waals surface area contributed by atoms with E-state index in [9.17, 15) is 14.9 Å². The van der Waals surface area contributed by atoms with E-state index in [4.69, 9.17) is 27.9 Å². The van der Waals surface area contributed by atoms with Crippen molar-refractivity contribution in [3.63, 3.8) is 0 Å². The molecule has 3 aliphatic rings. The number of nitrogens with one attached hydrogen (secondary N) is 1. The number of amides is 1. The number of anilines is 1. The molecule has 3 heterocycles. The summed E-state index contributed by atoms with van der Waals surface area (Å²) in [6.07, 6.45) is 1.70. The minimum absolute atomic E-state index is 0.0970. The first-order chi connectivity index (χ1) is 17.4. The number of nitro groups is 1. The molecule has 36 heavy (non-hydrogen) atoms. The summed E-state index contributed by atoms with van der Waals surface area (Å²) in [5.41, 5.74) is 1.77. The molecule has 9 heteroatoms. The molecule has 6 rings (SSSR count). The summed E-state index contributed by atoms with van der Waals surface area (Å²) in [5.74, 6) is -0.0904. The van der Waals surface area contributed by atoms with E-state index in [1.165, 1.54) is 0 Å². The monoisotopic (exact) mass is 523 g/mol. The third kappa shape index (κ3) is 3.41. The Morgan fingerprint density at radius 3 is 2.61 bits per heavy atom. The van der Waals surface area contributed by atoms with Crippen LogP contribution in [-0.2, 0) is 16.9 Å². The molecule has 1 amide bonds. The fourth-order valence-electron chi connectivity index (χ4n) is 6.36. The van der Waals surface area contributed by atoms with Crippen LogP contribution in [0.25, 0.3) is 0 Å². The number of nitrogens with zero attached hydrogens (tertiary/aromatic N) is 2. The molecule has 1 spiro atoms. The molecule has 1 N–H and O–H groups in total. The van der Waals surface area contributed by atoms with Gasteiger partial charge in [0, 0.05) is 28.8 Å². The van der Waals surface area contributed by atoms with Gasteiger partial charge in [0.2, 0.25) is 0 Å². The van der Waals surface area contributed by atoms with E-state index < -0.39 is 17.5 Å². The highest BCUT2D eigenvalue weighted by atomic mass is 35.5. The number of rotatable bonds is 5. The van der Waals surface area contributed by atoms with Crippen LogP contribution in [-0.4, -0.2) is 34.4 Å². The molecule has 3 aromatic carbocycles. The van der Waals surface area contributed by atoms with Crippen LogP contribution in [0.5, 0.6) is 5.75 Å². The third-order valence-corrected chi connectivity index (χ3v) is 8.49. The second-order valence-electron chi connectivity index (χ2n) is 9.53. The molecular formula is C27H23Cl2N3O4. The Bertz CT molecular complexity index is 1370. The Morgan fingerprint density at radius 1 is 1.08 bits per heavy atom. The first-order valence-corrected chi connectivity index (χ1v) is 12.6. The fourth-order valence-corrected chi connectivity index (χ4v) is 6.68. The minimum atomic E-state index is -1.31. The van der Waals surface area contributed by atoms with Gasteiger partial charge in [0.05, 0.1) is 16.0 Å². The number of carbonyl (C=O) groups is 1. The molecule has 4 atom stereocenters. The van der Waals surface area contributed by atoms with Gasteiger partial charge in [-0.3, -0.25) is 19.8 Å². The molecule has 0 aliphatic carbocycles. The molecular weight excluding hydrogens is 501 g/mol. The molecule has 2 fully saturated rings. The minimum Gasteiger partial charge on any atom is -0.489 e. The summed E-state index contributed by atoms with van der Waals surface area (Å²) in [4.78, 5) is 28.0.